The number of hydrogen-bond donors (Lipinski definition) is 1. The molecule has 0 aromatic heterocycles. The number of rotatable bonds is 0. The summed E-state index contributed by atoms with van der Waals surface area (Å²) in [6.45, 7) is 0. The SMILES string of the molecule is O=[PH+]O.[BiH3]. The van der Waals surface area contributed by atoms with Crippen molar-refractivity contribution in [2.45, 2.75) is 0 Å². The molecule has 0 aliphatic rings. The van der Waals surface area contributed by atoms with Crippen LogP contribution in [-0.2, 0) is 4.57 Å². The molecule has 0 saturated carbocycles. The van der Waals surface area contributed by atoms with E-state index in [-0.39, 0.29) is 26.2 Å². The van der Waals surface area contributed by atoms with E-state index in [0.717, 1.165) is 0 Å². The maximum atomic E-state index is 8.51. The quantitative estimate of drug-likeness (QED) is 0.443. The van der Waals surface area contributed by atoms with E-state index in [9.17, 15) is 0 Å². The van der Waals surface area contributed by atoms with Gasteiger partial charge in [0.15, 0.2) is 0 Å². The molecule has 0 aliphatic carbocycles. The zero-order valence-corrected chi connectivity index (χ0v) is 8.56. The molecule has 0 radical (unpaired) electrons. The van der Waals surface area contributed by atoms with E-state index in [0.29, 0.717) is 0 Å². The first kappa shape index (κ1) is 8.87. The van der Waals surface area contributed by atoms with Crippen molar-refractivity contribution in [1.29, 1.82) is 0 Å². The van der Waals surface area contributed by atoms with Gasteiger partial charge in [-0.3, -0.25) is 0 Å². The Bertz CT molecular complexity index is 13.5. The number of hydrogen-bond acceptors (Lipinski definition) is 1. The van der Waals surface area contributed by atoms with E-state index >= 15 is 0 Å². The molecule has 4 heteroatoms. The van der Waals surface area contributed by atoms with Crippen molar-refractivity contribution < 1.29 is 9.46 Å². The van der Waals surface area contributed by atoms with Gasteiger partial charge in [-0.2, -0.15) is 4.89 Å². The Morgan fingerprint density at radius 1 is 1.75 bits per heavy atom. The molecule has 0 spiro atoms. The third-order valence-corrected chi connectivity index (χ3v) is 0. The van der Waals surface area contributed by atoms with E-state index in [1.165, 1.54) is 0 Å². The van der Waals surface area contributed by atoms with Gasteiger partial charge in [-0.05, 0) is 4.57 Å². The van der Waals surface area contributed by atoms with Crippen LogP contribution in [0.25, 0.3) is 0 Å². The molecule has 0 fully saturated rings. The van der Waals surface area contributed by atoms with E-state index in [1.54, 1.807) is 0 Å². The van der Waals surface area contributed by atoms with Gasteiger partial charge < -0.3 is 0 Å². The molecule has 1 atom stereocenters. The minimum absolute atomic E-state index is 0. The average Bonchev–Trinajstić information content (AvgIpc) is 0.918. The topological polar surface area (TPSA) is 37.3 Å². The van der Waals surface area contributed by atoms with E-state index in [2.05, 4.69) is 0 Å². The van der Waals surface area contributed by atoms with Crippen LogP contribution in [0.4, 0.5) is 0 Å². The summed E-state index contributed by atoms with van der Waals surface area (Å²) < 4.78 is 8.51. The van der Waals surface area contributed by atoms with Crippen molar-refractivity contribution in [1.82, 2.24) is 0 Å². The molecule has 1 unspecified atom stereocenters. The molecule has 0 saturated heterocycles. The van der Waals surface area contributed by atoms with Crippen molar-refractivity contribution in [3.63, 3.8) is 0 Å². The van der Waals surface area contributed by atoms with Crippen molar-refractivity contribution in [3.05, 3.63) is 0 Å². The monoisotopic (exact) mass is 277 g/mol. The molecule has 0 bridgehead atoms. The Morgan fingerprint density at radius 3 is 1.75 bits per heavy atom. The van der Waals surface area contributed by atoms with Gasteiger partial charge in [0.25, 0.3) is 0 Å². The Kier molecular flexibility index (Phi) is 20.1. The van der Waals surface area contributed by atoms with E-state index in [4.69, 9.17) is 9.46 Å². The van der Waals surface area contributed by atoms with E-state index < -0.39 is 8.69 Å². The molecular formula is H5BiO2P+. The van der Waals surface area contributed by atoms with Crippen molar-refractivity contribution >= 4 is 34.9 Å². The Hall–Kier alpha value is 0.943. The van der Waals surface area contributed by atoms with Gasteiger partial charge in [0.05, 0.1) is 0 Å². The summed E-state index contributed by atoms with van der Waals surface area (Å²) in [5.74, 6) is 0. The van der Waals surface area contributed by atoms with Crippen LogP contribution in [0.3, 0.4) is 0 Å². The average molecular weight is 277 g/mol. The van der Waals surface area contributed by atoms with Gasteiger partial charge in [-0.25, -0.2) is 0 Å². The first-order valence-electron chi connectivity index (χ1n) is 0.428. The predicted molar refractivity (Wildman–Crippen MR) is 21.2 cm³/mol. The molecule has 0 aromatic rings. The fraction of sp³-hybridized carbons (Fsp3) is 0. The van der Waals surface area contributed by atoms with Gasteiger partial charge >= 0.3 is 34.9 Å². The summed E-state index contributed by atoms with van der Waals surface area (Å²) in [4.78, 5) is 7.04. The second-order valence-electron chi connectivity index (χ2n) is 0.0913. The summed E-state index contributed by atoms with van der Waals surface area (Å²) in [7, 11) is -1.17. The van der Waals surface area contributed by atoms with Gasteiger partial charge in [0, 0.05) is 0 Å². The van der Waals surface area contributed by atoms with Gasteiger partial charge in [0.1, 0.15) is 0 Å². The molecule has 0 amide bonds. The summed E-state index contributed by atoms with van der Waals surface area (Å²) in [5, 5.41) is 0. The molecule has 4 heavy (non-hydrogen) atoms. The fourth-order valence-corrected chi connectivity index (χ4v) is 0. The molecule has 0 heterocycles. The molecular weight excluding hydrogens is 272 g/mol. The van der Waals surface area contributed by atoms with Crippen molar-refractivity contribution in [2.75, 3.05) is 0 Å². The van der Waals surface area contributed by atoms with Crippen molar-refractivity contribution in [3.8, 4) is 0 Å². The molecule has 0 aromatic carbocycles. The van der Waals surface area contributed by atoms with Crippen molar-refractivity contribution in [2.24, 2.45) is 0 Å². The van der Waals surface area contributed by atoms with Crippen LogP contribution in [0.15, 0.2) is 0 Å². The van der Waals surface area contributed by atoms with Gasteiger partial charge in [0.2, 0.25) is 0 Å². The molecule has 2 nitrogen and oxygen atoms in total. The zero-order chi connectivity index (χ0) is 2.71. The standard InChI is InChI=1S/Bi.HO2P.3H/c;1-3-2;;;/h;3H;;;/p+1. The van der Waals surface area contributed by atoms with Gasteiger partial charge in [-0.15, -0.1) is 0 Å². The van der Waals surface area contributed by atoms with Crippen LogP contribution in [0.2, 0.25) is 0 Å². The summed E-state index contributed by atoms with van der Waals surface area (Å²) >= 11 is 0. The summed E-state index contributed by atoms with van der Waals surface area (Å²) in [6.07, 6.45) is 0. The van der Waals surface area contributed by atoms with Crippen LogP contribution in [0.5, 0.6) is 0 Å². The first-order valence-corrected chi connectivity index (χ1v) is 1.28. The van der Waals surface area contributed by atoms with Crippen LogP contribution in [0.1, 0.15) is 0 Å². The second-order valence-corrected chi connectivity index (χ2v) is 0.274. The fourth-order valence-electron chi connectivity index (χ4n) is 0. The summed E-state index contributed by atoms with van der Waals surface area (Å²) in [6, 6.07) is 0. The third kappa shape index (κ3) is 12.5. The summed E-state index contributed by atoms with van der Waals surface area (Å²) in [5.41, 5.74) is 0. The maximum absolute atomic E-state index is 8.51. The Morgan fingerprint density at radius 2 is 1.75 bits per heavy atom. The minimum atomic E-state index is -1.17. The third-order valence-electron chi connectivity index (χ3n) is 0. The Labute approximate surface area is 44.6 Å². The van der Waals surface area contributed by atoms with Crippen LogP contribution >= 0.6 is 8.69 Å². The molecule has 0 aliphatic heterocycles. The second kappa shape index (κ2) is 9.05. The van der Waals surface area contributed by atoms with E-state index in [1.807, 2.05) is 0 Å². The Balaban J connectivity index is 0. The van der Waals surface area contributed by atoms with Crippen LogP contribution in [-0.4, -0.2) is 31.1 Å². The van der Waals surface area contributed by atoms with Crippen LogP contribution < -0.4 is 0 Å². The molecule has 1 N–H and O–H groups in total. The molecule has 0 rings (SSSR count). The normalized spacial score (nSPS) is 5.25. The zero-order valence-electron chi connectivity index (χ0n) is 2.06. The van der Waals surface area contributed by atoms with Crippen LogP contribution in [0, 0.1) is 0 Å². The first-order chi connectivity index (χ1) is 1.41. The van der Waals surface area contributed by atoms with Gasteiger partial charge in [-0.1, -0.05) is 0 Å². The predicted octanol–water partition coefficient (Wildman–Crippen LogP) is -1.27. The molecule has 26 valence electrons.